The third kappa shape index (κ3) is 3.48. The summed E-state index contributed by atoms with van der Waals surface area (Å²) in [5.41, 5.74) is 1.12. The summed E-state index contributed by atoms with van der Waals surface area (Å²) in [6.07, 6.45) is 1.66. The molecule has 2 atom stereocenters. The van der Waals surface area contributed by atoms with Gasteiger partial charge in [0.1, 0.15) is 0 Å². The fraction of sp³-hybridized carbons (Fsp3) is 0.312. The Morgan fingerprint density at radius 1 is 1.25 bits per heavy atom. The Morgan fingerprint density at radius 3 is 2.60 bits per heavy atom. The van der Waals surface area contributed by atoms with Gasteiger partial charge < -0.3 is 15.1 Å². The van der Waals surface area contributed by atoms with Gasteiger partial charge in [-0.25, -0.2) is 0 Å². The Morgan fingerprint density at radius 2 is 2.00 bits per heavy atom. The van der Waals surface area contributed by atoms with Crippen LogP contribution >= 0.6 is 0 Å². The second-order valence-corrected chi connectivity index (χ2v) is 4.78. The van der Waals surface area contributed by atoms with E-state index < -0.39 is 0 Å². The van der Waals surface area contributed by atoms with E-state index >= 15 is 0 Å². The molecule has 0 saturated heterocycles. The van der Waals surface area contributed by atoms with Crippen molar-refractivity contribution < 1.29 is 14.5 Å². The number of carbonyl (C=O) groups excluding carboxylic acids is 1. The predicted octanol–water partition coefficient (Wildman–Crippen LogP) is 1.46. The van der Waals surface area contributed by atoms with Crippen LogP contribution in [0.15, 0.2) is 53.1 Å². The lowest BCUT2D eigenvalue weighted by molar-refractivity contribution is -0.706. The number of amides is 1. The van der Waals surface area contributed by atoms with Crippen LogP contribution in [0, 0.1) is 0 Å². The van der Waals surface area contributed by atoms with Gasteiger partial charge in [-0.05, 0) is 26.0 Å². The number of hydrogen-bond donors (Lipinski definition) is 2. The molecule has 0 fully saturated rings. The molecule has 1 amide bonds. The van der Waals surface area contributed by atoms with Gasteiger partial charge in [-0.15, -0.1) is 0 Å². The Labute approximate surface area is 119 Å². The van der Waals surface area contributed by atoms with Crippen LogP contribution in [0.1, 0.15) is 31.2 Å². The second-order valence-electron chi connectivity index (χ2n) is 4.78. The van der Waals surface area contributed by atoms with Crippen LogP contribution in [0.4, 0.5) is 0 Å². The zero-order valence-corrected chi connectivity index (χ0v) is 11.9. The van der Waals surface area contributed by atoms with E-state index in [0.717, 1.165) is 11.3 Å². The summed E-state index contributed by atoms with van der Waals surface area (Å²) < 4.78 is 5.53. The van der Waals surface area contributed by atoms with Crippen LogP contribution in [0.5, 0.6) is 0 Å². The SMILES string of the molecule is CCNC(=O)[C@H](C)[NH2+][C@H](c1ccccc1)c1ccco1. The quantitative estimate of drug-likeness (QED) is 0.837. The highest BCUT2D eigenvalue weighted by Gasteiger charge is 2.26. The van der Waals surface area contributed by atoms with E-state index in [1.54, 1.807) is 6.26 Å². The number of furan rings is 1. The van der Waals surface area contributed by atoms with Gasteiger partial charge in [-0.2, -0.15) is 0 Å². The lowest BCUT2D eigenvalue weighted by Gasteiger charge is -2.18. The topological polar surface area (TPSA) is 58.9 Å². The molecule has 1 aromatic heterocycles. The molecule has 1 heterocycles. The van der Waals surface area contributed by atoms with Crippen LogP contribution < -0.4 is 10.6 Å². The lowest BCUT2D eigenvalue weighted by atomic mass is 10.0. The zero-order valence-electron chi connectivity index (χ0n) is 11.9. The lowest BCUT2D eigenvalue weighted by Crippen LogP contribution is -2.92. The van der Waals surface area contributed by atoms with Gasteiger partial charge >= 0.3 is 0 Å². The third-order valence-corrected chi connectivity index (χ3v) is 3.25. The highest BCUT2D eigenvalue weighted by molar-refractivity contribution is 5.79. The molecule has 106 valence electrons. The minimum atomic E-state index is -0.176. The first-order chi connectivity index (χ1) is 9.72. The summed E-state index contributed by atoms with van der Waals surface area (Å²) in [4.78, 5) is 11.9. The summed E-state index contributed by atoms with van der Waals surface area (Å²) in [6.45, 7) is 4.48. The number of likely N-dealkylation sites (N-methyl/N-ethyl adjacent to an activating group) is 1. The molecule has 0 aliphatic rings. The highest BCUT2D eigenvalue weighted by atomic mass is 16.3. The van der Waals surface area contributed by atoms with Gasteiger partial charge in [0.15, 0.2) is 17.8 Å². The molecule has 0 radical (unpaired) electrons. The number of hydrogen-bond acceptors (Lipinski definition) is 2. The fourth-order valence-corrected chi connectivity index (χ4v) is 2.21. The molecule has 0 saturated carbocycles. The van der Waals surface area contributed by atoms with E-state index in [-0.39, 0.29) is 18.0 Å². The van der Waals surface area contributed by atoms with Crippen LogP contribution in [-0.2, 0) is 4.79 Å². The van der Waals surface area contributed by atoms with Gasteiger partial charge in [0.2, 0.25) is 0 Å². The predicted molar refractivity (Wildman–Crippen MR) is 77.1 cm³/mol. The molecule has 2 rings (SSSR count). The first-order valence-corrected chi connectivity index (χ1v) is 6.93. The maximum Gasteiger partial charge on any atom is 0.277 e. The first-order valence-electron chi connectivity index (χ1n) is 6.93. The molecule has 0 spiro atoms. The molecule has 20 heavy (non-hydrogen) atoms. The maximum atomic E-state index is 11.9. The largest absolute Gasteiger partial charge is 0.463 e. The summed E-state index contributed by atoms with van der Waals surface area (Å²) in [5.74, 6) is 0.896. The van der Waals surface area contributed by atoms with Gasteiger partial charge in [0, 0.05) is 12.1 Å². The standard InChI is InChI=1S/C16H20N2O2/c1-3-17-16(19)12(2)18-15(14-10-7-11-20-14)13-8-5-4-6-9-13/h4-12,15,18H,3H2,1-2H3,(H,17,19)/p+1/t12-,15+/m0/s1. The van der Waals surface area contributed by atoms with Crippen LogP contribution in [0.25, 0.3) is 0 Å². The van der Waals surface area contributed by atoms with Crippen molar-refractivity contribution in [3.05, 3.63) is 60.1 Å². The monoisotopic (exact) mass is 273 g/mol. The Kier molecular flexibility index (Phi) is 4.96. The van der Waals surface area contributed by atoms with Crippen molar-refractivity contribution in [2.45, 2.75) is 25.9 Å². The first kappa shape index (κ1) is 14.3. The second kappa shape index (κ2) is 6.91. The number of quaternary nitrogens is 1. The van der Waals surface area contributed by atoms with E-state index in [4.69, 9.17) is 4.42 Å². The van der Waals surface area contributed by atoms with Crippen molar-refractivity contribution in [1.82, 2.24) is 5.32 Å². The van der Waals surface area contributed by atoms with Crippen LogP contribution in [0.3, 0.4) is 0 Å². The molecule has 3 N–H and O–H groups in total. The minimum absolute atomic E-state index is 0.0104. The average Bonchev–Trinajstić information content (AvgIpc) is 2.99. The van der Waals surface area contributed by atoms with Crippen molar-refractivity contribution in [3.8, 4) is 0 Å². The Balaban J connectivity index is 2.18. The van der Waals surface area contributed by atoms with Crippen molar-refractivity contribution >= 4 is 5.91 Å². The van der Waals surface area contributed by atoms with E-state index in [1.807, 2.05) is 61.6 Å². The summed E-state index contributed by atoms with van der Waals surface area (Å²) >= 11 is 0. The minimum Gasteiger partial charge on any atom is -0.463 e. The van der Waals surface area contributed by atoms with E-state index in [9.17, 15) is 4.79 Å². The summed E-state index contributed by atoms with van der Waals surface area (Å²) in [6, 6.07) is 13.7. The molecule has 2 aromatic rings. The number of carbonyl (C=O) groups is 1. The highest BCUT2D eigenvalue weighted by Crippen LogP contribution is 2.18. The number of rotatable bonds is 6. The molecule has 0 unspecified atom stereocenters. The van der Waals surface area contributed by atoms with Crippen molar-refractivity contribution in [3.63, 3.8) is 0 Å². The molecule has 0 aliphatic carbocycles. The number of nitrogens with two attached hydrogens (primary N) is 1. The molecule has 4 heteroatoms. The number of nitrogens with one attached hydrogen (secondary N) is 1. The van der Waals surface area contributed by atoms with Crippen molar-refractivity contribution in [2.75, 3.05) is 6.54 Å². The Hall–Kier alpha value is -2.07. The van der Waals surface area contributed by atoms with Crippen LogP contribution in [-0.4, -0.2) is 18.5 Å². The molecular formula is C16H21N2O2+. The summed E-state index contributed by atoms with van der Waals surface area (Å²) in [7, 11) is 0. The average molecular weight is 273 g/mol. The number of benzene rings is 1. The smallest absolute Gasteiger partial charge is 0.277 e. The zero-order chi connectivity index (χ0) is 14.4. The third-order valence-electron chi connectivity index (χ3n) is 3.25. The molecule has 0 bridgehead atoms. The van der Waals surface area contributed by atoms with Gasteiger partial charge in [-0.1, -0.05) is 30.3 Å². The van der Waals surface area contributed by atoms with Gasteiger partial charge in [0.05, 0.1) is 6.26 Å². The van der Waals surface area contributed by atoms with E-state index in [1.165, 1.54) is 0 Å². The van der Waals surface area contributed by atoms with E-state index in [0.29, 0.717) is 6.54 Å². The normalized spacial score (nSPS) is 13.7. The van der Waals surface area contributed by atoms with Gasteiger partial charge in [-0.3, -0.25) is 4.79 Å². The van der Waals surface area contributed by atoms with Crippen LogP contribution in [0.2, 0.25) is 0 Å². The Bertz CT molecular complexity index is 523. The maximum absolute atomic E-state index is 11.9. The molecule has 0 aliphatic heterocycles. The van der Waals surface area contributed by atoms with Gasteiger partial charge in [0.25, 0.3) is 5.91 Å². The van der Waals surface area contributed by atoms with E-state index in [2.05, 4.69) is 5.32 Å². The summed E-state index contributed by atoms with van der Waals surface area (Å²) in [5, 5.41) is 4.87. The molecule has 4 nitrogen and oxygen atoms in total. The molecular weight excluding hydrogens is 252 g/mol. The van der Waals surface area contributed by atoms with Crippen molar-refractivity contribution in [1.29, 1.82) is 0 Å². The van der Waals surface area contributed by atoms with Crippen molar-refractivity contribution in [2.24, 2.45) is 0 Å². The molecule has 1 aromatic carbocycles. The fourth-order valence-electron chi connectivity index (χ4n) is 2.21.